The number of nitrogens with one attached hydrogen (secondary N) is 1. The topological polar surface area (TPSA) is 74.2 Å². The number of carbonyl (C=O) groups excluding carboxylic acids is 1. The lowest BCUT2D eigenvalue weighted by Crippen LogP contribution is -2.78. The average Bonchev–Trinajstić information content (AvgIpc) is 2.73. The van der Waals surface area contributed by atoms with Crippen molar-refractivity contribution in [3.8, 4) is 11.8 Å². The van der Waals surface area contributed by atoms with Crippen molar-refractivity contribution < 1.29 is 9.18 Å². The van der Waals surface area contributed by atoms with E-state index in [1.165, 1.54) is 18.5 Å². The lowest BCUT2D eigenvalue weighted by atomic mass is 9.77. The molecule has 2 aliphatic rings. The van der Waals surface area contributed by atoms with E-state index in [2.05, 4.69) is 32.0 Å². The summed E-state index contributed by atoms with van der Waals surface area (Å²) in [6.07, 6.45) is 2.33. The Labute approximate surface area is 193 Å². The molecule has 3 aromatic rings. The molecule has 2 aliphatic heterocycles. The zero-order valence-electron chi connectivity index (χ0n) is 17.0. The molecule has 32 heavy (non-hydrogen) atoms. The Morgan fingerprint density at radius 2 is 2.03 bits per heavy atom. The molecule has 162 valence electrons. The van der Waals surface area contributed by atoms with Crippen molar-refractivity contribution in [1.82, 2.24) is 19.9 Å². The van der Waals surface area contributed by atoms with Crippen LogP contribution in [-0.2, 0) is 4.79 Å². The molecule has 10 heteroatoms. The van der Waals surface area contributed by atoms with Gasteiger partial charge < -0.3 is 15.1 Å². The Morgan fingerprint density at radius 3 is 2.75 bits per heavy atom. The van der Waals surface area contributed by atoms with E-state index in [1.54, 1.807) is 6.92 Å². The van der Waals surface area contributed by atoms with E-state index >= 15 is 0 Å². The number of halogens is 3. The van der Waals surface area contributed by atoms with Crippen LogP contribution < -0.4 is 10.2 Å². The Morgan fingerprint density at radius 1 is 1.22 bits per heavy atom. The van der Waals surface area contributed by atoms with Crippen LogP contribution >= 0.6 is 23.2 Å². The third-order valence-corrected chi connectivity index (χ3v) is 6.68. The van der Waals surface area contributed by atoms with E-state index in [1.807, 2.05) is 17.0 Å². The van der Waals surface area contributed by atoms with Crippen molar-refractivity contribution in [2.75, 3.05) is 29.9 Å². The molecule has 4 heterocycles. The van der Waals surface area contributed by atoms with Gasteiger partial charge in [-0.15, -0.1) is 0 Å². The normalized spacial score (nSPS) is 16.2. The number of carbonyl (C=O) groups is 1. The maximum absolute atomic E-state index is 14.5. The van der Waals surface area contributed by atoms with Gasteiger partial charge in [-0.1, -0.05) is 29.1 Å². The Hall–Kier alpha value is -3.15. The van der Waals surface area contributed by atoms with Crippen molar-refractivity contribution in [3.05, 3.63) is 46.5 Å². The first kappa shape index (κ1) is 20.7. The van der Waals surface area contributed by atoms with Crippen molar-refractivity contribution in [2.24, 2.45) is 0 Å². The van der Waals surface area contributed by atoms with E-state index in [9.17, 15) is 9.18 Å². The van der Waals surface area contributed by atoms with Gasteiger partial charge in [0.2, 0.25) is 0 Å². The standard InChI is InChI=1S/C22H17Cl2FN6O/c1-2-3-17(32)31-9-8-22(31)10-30(11-22)16-7-6-15-20(29-16)21(27-12-26-15)28-14-5-4-13(23)18(24)19(14)25/h4-7,12H,8-11H2,1H3,(H,26,27,28). The number of fused-ring (bicyclic) bond motifs is 1. The SMILES string of the molecule is CC#CC(=O)N1CCC12CN(c1ccc3ncnc(Nc4ccc(Cl)c(Cl)c4F)c3n1)C2. The molecule has 1 amide bonds. The second-order valence-electron chi connectivity index (χ2n) is 7.77. The molecule has 2 fully saturated rings. The lowest BCUT2D eigenvalue weighted by molar-refractivity contribution is -0.143. The Kier molecular flexibility index (Phi) is 5.03. The van der Waals surface area contributed by atoms with Crippen LogP contribution in [0.25, 0.3) is 11.0 Å². The average molecular weight is 471 g/mol. The van der Waals surface area contributed by atoms with E-state index in [0.717, 1.165) is 18.8 Å². The fourth-order valence-electron chi connectivity index (χ4n) is 4.13. The molecule has 0 bridgehead atoms. The maximum atomic E-state index is 14.5. The van der Waals surface area contributed by atoms with Crippen LogP contribution in [-0.4, -0.2) is 50.9 Å². The van der Waals surface area contributed by atoms with E-state index in [4.69, 9.17) is 28.2 Å². The quantitative estimate of drug-likeness (QED) is 0.460. The summed E-state index contributed by atoms with van der Waals surface area (Å²) in [5.74, 6) is 5.58. The fraction of sp³-hybridized carbons (Fsp3) is 0.273. The highest BCUT2D eigenvalue weighted by molar-refractivity contribution is 6.42. The van der Waals surface area contributed by atoms with Crippen LogP contribution in [0.4, 0.5) is 21.7 Å². The number of nitrogens with zero attached hydrogens (tertiary/aromatic N) is 5. The minimum atomic E-state index is -0.670. The fourth-order valence-corrected chi connectivity index (χ4v) is 4.44. The van der Waals surface area contributed by atoms with Crippen LogP contribution in [0.2, 0.25) is 10.0 Å². The van der Waals surface area contributed by atoms with Crippen LogP contribution in [0, 0.1) is 17.7 Å². The first-order valence-electron chi connectivity index (χ1n) is 9.93. The minimum Gasteiger partial charge on any atom is -0.352 e. The molecule has 1 aromatic carbocycles. The lowest BCUT2D eigenvalue weighted by Gasteiger charge is -2.62. The largest absolute Gasteiger partial charge is 0.352 e. The zero-order chi connectivity index (χ0) is 22.5. The van der Waals surface area contributed by atoms with Crippen LogP contribution in [0.1, 0.15) is 13.3 Å². The predicted octanol–water partition coefficient (Wildman–Crippen LogP) is 4.03. The molecule has 0 saturated carbocycles. The number of hydrogen-bond donors (Lipinski definition) is 1. The highest BCUT2D eigenvalue weighted by Crippen LogP contribution is 2.41. The summed E-state index contributed by atoms with van der Waals surface area (Å²) >= 11 is 11.8. The molecule has 1 spiro atoms. The number of anilines is 3. The summed E-state index contributed by atoms with van der Waals surface area (Å²) in [5.41, 5.74) is 1.07. The summed E-state index contributed by atoms with van der Waals surface area (Å²) < 4.78 is 14.5. The molecule has 0 unspecified atom stereocenters. The first-order valence-corrected chi connectivity index (χ1v) is 10.7. The molecule has 7 nitrogen and oxygen atoms in total. The molecule has 2 aromatic heterocycles. The van der Waals surface area contributed by atoms with E-state index in [0.29, 0.717) is 29.9 Å². The summed E-state index contributed by atoms with van der Waals surface area (Å²) in [6.45, 7) is 3.75. The highest BCUT2D eigenvalue weighted by Gasteiger charge is 2.55. The molecule has 0 radical (unpaired) electrons. The van der Waals surface area contributed by atoms with Crippen molar-refractivity contribution in [3.63, 3.8) is 0 Å². The summed E-state index contributed by atoms with van der Waals surface area (Å²) in [7, 11) is 0. The molecular weight excluding hydrogens is 454 g/mol. The van der Waals surface area contributed by atoms with Crippen molar-refractivity contribution >= 4 is 57.5 Å². The van der Waals surface area contributed by atoms with Crippen molar-refractivity contribution in [2.45, 2.75) is 18.9 Å². The number of amides is 1. The van der Waals surface area contributed by atoms with Gasteiger partial charge >= 0.3 is 0 Å². The minimum absolute atomic E-state index is 0.128. The van der Waals surface area contributed by atoms with Crippen LogP contribution in [0.3, 0.4) is 0 Å². The Balaban J connectivity index is 1.41. The Bertz CT molecular complexity index is 1310. The number of benzene rings is 1. The smallest absolute Gasteiger partial charge is 0.299 e. The molecule has 2 saturated heterocycles. The summed E-state index contributed by atoms with van der Waals surface area (Å²) in [5, 5.41) is 2.90. The van der Waals surface area contributed by atoms with Crippen molar-refractivity contribution in [1.29, 1.82) is 0 Å². The number of aromatic nitrogens is 3. The second-order valence-corrected chi connectivity index (χ2v) is 8.55. The summed E-state index contributed by atoms with van der Waals surface area (Å²) in [4.78, 5) is 29.3. The van der Waals surface area contributed by atoms with Gasteiger partial charge in [0.25, 0.3) is 5.91 Å². The van der Waals surface area contributed by atoms with Gasteiger partial charge in [0.05, 0.1) is 26.8 Å². The van der Waals surface area contributed by atoms with Gasteiger partial charge in [-0.25, -0.2) is 19.3 Å². The summed E-state index contributed by atoms with van der Waals surface area (Å²) in [6, 6.07) is 6.71. The first-order chi connectivity index (χ1) is 15.4. The molecule has 0 atom stereocenters. The van der Waals surface area contributed by atoms with E-state index in [-0.39, 0.29) is 27.2 Å². The van der Waals surface area contributed by atoms with Gasteiger partial charge in [-0.05, 0) is 43.5 Å². The van der Waals surface area contributed by atoms with Crippen LogP contribution in [0.15, 0.2) is 30.6 Å². The van der Waals surface area contributed by atoms with Gasteiger partial charge in [0.1, 0.15) is 17.7 Å². The zero-order valence-corrected chi connectivity index (χ0v) is 18.5. The number of pyridine rings is 1. The third kappa shape index (κ3) is 3.29. The van der Waals surface area contributed by atoms with Crippen LogP contribution in [0.5, 0.6) is 0 Å². The van der Waals surface area contributed by atoms with E-state index < -0.39 is 5.82 Å². The number of likely N-dealkylation sites (tertiary alicyclic amines) is 1. The van der Waals surface area contributed by atoms with Gasteiger partial charge in [-0.2, -0.15) is 0 Å². The molecule has 0 aliphatic carbocycles. The predicted molar refractivity (Wildman–Crippen MR) is 122 cm³/mol. The number of hydrogen-bond acceptors (Lipinski definition) is 6. The monoisotopic (exact) mass is 470 g/mol. The maximum Gasteiger partial charge on any atom is 0.299 e. The van der Waals surface area contributed by atoms with Gasteiger partial charge in [0, 0.05) is 19.6 Å². The molecule has 1 N–H and O–H groups in total. The highest BCUT2D eigenvalue weighted by atomic mass is 35.5. The molecule has 5 rings (SSSR count). The van der Waals surface area contributed by atoms with Gasteiger partial charge in [0.15, 0.2) is 11.6 Å². The third-order valence-electron chi connectivity index (χ3n) is 5.90. The number of rotatable bonds is 3. The van der Waals surface area contributed by atoms with Gasteiger partial charge in [-0.3, -0.25) is 4.79 Å². The molecular formula is C22H17Cl2FN6O. The second kappa shape index (κ2) is 7.76.